The third-order valence-corrected chi connectivity index (χ3v) is 3.56. The van der Waals surface area contributed by atoms with Gasteiger partial charge in [-0.2, -0.15) is 0 Å². The maximum absolute atomic E-state index is 11.5. The van der Waals surface area contributed by atoms with Crippen molar-refractivity contribution in [3.8, 4) is 0 Å². The van der Waals surface area contributed by atoms with E-state index in [2.05, 4.69) is 24.5 Å². The molecule has 1 amide bonds. The van der Waals surface area contributed by atoms with Crippen LogP contribution in [0.2, 0.25) is 0 Å². The summed E-state index contributed by atoms with van der Waals surface area (Å²) in [6, 6.07) is 7.73. The molecular formula is C13H15Cl3N2OS. The molecule has 110 valence electrons. The van der Waals surface area contributed by atoms with Crippen molar-refractivity contribution in [2.75, 3.05) is 5.32 Å². The first-order valence-corrected chi connectivity index (χ1v) is 7.58. The van der Waals surface area contributed by atoms with Gasteiger partial charge in [-0.3, -0.25) is 10.1 Å². The van der Waals surface area contributed by atoms with Crippen molar-refractivity contribution in [1.29, 1.82) is 0 Å². The number of carbonyl (C=O) groups excluding carboxylic acids is 1. The largest absolute Gasteiger partial charge is 0.332 e. The monoisotopic (exact) mass is 352 g/mol. The van der Waals surface area contributed by atoms with Crippen LogP contribution in [0.4, 0.5) is 5.69 Å². The van der Waals surface area contributed by atoms with E-state index in [9.17, 15) is 4.79 Å². The topological polar surface area (TPSA) is 41.1 Å². The van der Waals surface area contributed by atoms with Crippen molar-refractivity contribution in [2.45, 2.75) is 30.0 Å². The zero-order valence-corrected chi connectivity index (χ0v) is 14.1. The average Bonchev–Trinajstić information content (AvgIpc) is 2.37. The third kappa shape index (κ3) is 5.09. The molecule has 0 aliphatic carbocycles. The van der Waals surface area contributed by atoms with E-state index in [4.69, 9.17) is 47.0 Å². The lowest BCUT2D eigenvalue weighted by Crippen LogP contribution is -2.41. The summed E-state index contributed by atoms with van der Waals surface area (Å²) in [5, 5.41) is 5.38. The number of hydrogen-bond donors (Lipinski definition) is 2. The molecule has 0 fully saturated rings. The molecular weight excluding hydrogens is 339 g/mol. The van der Waals surface area contributed by atoms with Gasteiger partial charge in [-0.05, 0) is 36.2 Å². The van der Waals surface area contributed by atoms with Crippen LogP contribution >= 0.6 is 47.0 Å². The molecule has 0 aliphatic heterocycles. The van der Waals surface area contributed by atoms with E-state index < -0.39 is 9.70 Å². The lowest BCUT2D eigenvalue weighted by atomic mass is 9.97. The Morgan fingerprint density at radius 3 is 2.50 bits per heavy atom. The van der Waals surface area contributed by atoms with Crippen LogP contribution in [0.15, 0.2) is 24.3 Å². The standard InChI is InChI=1S/C13H15Cl3N2OS/c1-3-8(2)9-6-4-5-7-10(9)17-12(20)18-11(19)13(14,15)16/h4-8H,3H2,1-2H3,(H2,17,18,19,20). The first-order chi connectivity index (χ1) is 9.25. The molecule has 0 spiro atoms. The van der Waals surface area contributed by atoms with Crippen LogP contribution in [0.3, 0.4) is 0 Å². The lowest BCUT2D eigenvalue weighted by Gasteiger charge is -2.18. The highest BCUT2D eigenvalue weighted by Crippen LogP contribution is 2.27. The zero-order chi connectivity index (χ0) is 15.3. The molecule has 2 N–H and O–H groups in total. The number of carbonyl (C=O) groups is 1. The Labute approximate surface area is 139 Å². The fraction of sp³-hybridized carbons (Fsp3) is 0.385. The number of amides is 1. The van der Waals surface area contributed by atoms with E-state index in [1.165, 1.54) is 0 Å². The minimum absolute atomic E-state index is 0.0945. The Balaban J connectivity index is 2.79. The van der Waals surface area contributed by atoms with E-state index in [1.54, 1.807) is 0 Å². The van der Waals surface area contributed by atoms with Gasteiger partial charge in [0.05, 0.1) is 0 Å². The van der Waals surface area contributed by atoms with Crippen molar-refractivity contribution >= 4 is 63.7 Å². The maximum Gasteiger partial charge on any atom is 0.278 e. The second-order valence-electron chi connectivity index (χ2n) is 4.30. The summed E-state index contributed by atoms with van der Waals surface area (Å²) in [6.45, 7) is 4.22. The number of para-hydroxylation sites is 1. The molecule has 1 aromatic carbocycles. The molecule has 0 bridgehead atoms. The van der Waals surface area contributed by atoms with E-state index in [1.807, 2.05) is 24.3 Å². The molecule has 0 saturated carbocycles. The molecule has 1 unspecified atom stereocenters. The van der Waals surface area contributed by atoms with E-state index in [0.717, 1.165) is 17.7 Å². The Morgan fingerprint density at radius 2 is 1.95 bits per heavy atom. The summed E-state index contributed by atoms with van der Waals surface area (Å²) >= 11 is 21.4. The van der Waals surface area contributed by atoms with E-state index in [-0.39, 0.29) is 5.11 Å². The van der Waals surface area contributed by atoms with Gasteiger partial charge in [0.15, 0.2) is 5.11 Å². The zero-order valence-electron chi connectivity index (χ0n) is 11.0. The molecule has 3 nitrogen and oxygen atoms in total. The molecule has 0 radical (unpaired) electrons. The SMILES string of the molecule is CCC(C)c1ccccc1NC(=S)NC(=O)C(Cl)(Cl)Cl. The molecule has 0 aliphatic rings. The number of halogens is 3. The highest BCUT2D eigenvalue weighted by Gasteiger charge is 2.31. The second-order valence-corrected chi connectivity index (χ2v) is 6.99. The number of rotatable bonds is 3. The van der Waals surface area contributed by atoms with Gasteiger partial charge in [-0.25, -0.2) is 0 Å². The Hall–Kier alpha value is -0.550. The number of alkyl halides is 3. The number of benzene rings is 1. The van der Waals surface area contributed by atoms with Gasteiger partial charge in [0.1, 0.15) is 0 Å². The summed E-state index contributed by atoms with van der Waals surface area (Å²) in [5.74, 6) is -0.425. The molecule has 1 aromatic rings. The van der Waals surface area contributed by atoms with Gasteiger partial charge in [-0.1, -0.05) is 66.8 Å². The van der Waals surface area contributed by atoms with Crippen molar-refractivity contribution < 1.29 is 4.79 Å². The van der Waals surface area contributed by atoms with Gasteiger partial charge in [0, 0.05) is 5.69 Å². The summed E-state index contributed by atoms with van der Waals surface area (Å²) in [6.07, 6.45) is 0.992. The molecule has 1 atom stereocenters. The Bertz CT molecular complexity index is 503. The van der Waals surface area contributed by atoms with Gasteiger partial charge in [0.25, 0.3) is 9.70 Å². The highest BCUT2D eigenvalue weighted by molar-refractivity contribution is 7.80. The quantitative estimate of drug-likeness (QED) is 0.626. The van der Waals surface area contributed by atoms with Gasteiger partial charge in [0.2, 0.25) is 0 Å². The lowest BCUT2D eigenvalue weighted by molar-refractivity contribution is -0.118. The fourth-order valence-electron chi connectivity index (χ4n) is 1.59. The summed E-state index contributed by atoms with van der Waals surface area (Å²) in [7, 11) is 0. The van der Waals surface area contributed by atoms with Gasteiger partial charge in [-0.15, -0.1) is 0 Å². The Morgan fingerprint density at radius 1 is 1.35 bits per heavy atom. The van der Waals surface area contributed by atoms with Crippen molar-refractivity contribution in [1.82, 2.24) is 5.32 Å². The van der Waals surface area contributed by atoms with E-state index >= 15 is 0 Å². The summed E-state index contributed by atoms with van der Waals surface area (Å²) in [4.78, 5) is 11.5. The first kappa shape index (κ1) is 17.5. The minimum atomic E-state index is -2.04. The molecule has 0 saturated heterocycles. The maximum atomic E-state index is 11.5. The van der Waals surface area contributed by atoms with Crippen LogP contribution in [0.25, 0.3) is 0 Å². The number of nitrogens with one attached hydrogen (secondary N) is 2. The number of anilines is 1. The van der Waals surface area contributed by atoms with Crippen LogP contribution in [0, 0.1) is 0 Å². The smallest absolute Gasteiger partial charge is 0.278 e. The second kappa shape index (κ2) is 7.46. The van der Waals surface area contributed by atoms with Crippen LogP contribution in [0.5, 0.6) is 0 Å². The van der Waals surface area contributed by atoms with Gasteiger partial charge < -0.3 is 5.32 Å². The van der Waals surface area contributed by atoms with Crippen LogP contribution in [-0.4, -0.2) is 14.8 Å². The number of hydrogen-bond acceptors (Lipinski definition) is 2. The predicted octanol–water partition coefficient (Wildman–Crippen LogP) is 4.38. The van der Waals surface area contributed by atoms with Crippen molar-refractivity contribution in [3.63, 3.8) is 0 Å². The third-order valence-electron chi connectivity index (χ3n) is 2.84. The molecule has 7 heteroatoms. The molecule has 1 rings (SSSR count). The normalized spacial score (nSPS) is 12.7. The minimum Gasteiger partial charge on any atom is -0.332 e. The van der Waals surface area contributed by atoms with Crippen LogP contribution in [0.1, 0.15) is 31.7 Å². The average molecular weight is 354 g/mol. The van der Waals surface area contributed by atoms with Crippen molar-refractivity contribution in [2.24, 2.45) is 0 Å². The van der Waals surface area contributed by atoms with E-state index in [0.29, 0.717) is 5.92 Å². The highest BCUT2D eigenvalue weighted by atomic mass is 35.6. The first-order valence-electron chi connectivity index (χ1n) is 6.03. The summed E-state index contributed by atoms with van der Waals surface area (Å²) in [5.41, 5.74) is 1.94. The molecule has 0 heterocycles. The number of thiocarbonyl (C=S) groups is 1. The van der Waals surface area contributed by atoms with Crippen molar-refractivity contribution in [3.05, 3.63) is 29.8 Å². The van der Waals surface area contributed by atoms with Crippen LogP contribution < -0.4 is 10.6 Å². The summed E-state index contributed by atoms with van der Waals surface area (Å²) < 4.78 is -2.04. The van der Waals surface area contributed by atoms with Gasteiger partial charge >= 0.3 is 0 Å². The van der Waals surface area contributed by atoms with Crippen LogP contribution in [-0.2, 0) is 4.79 Å². The predicted molar refractivity (Wildman–Crippen MR) is 89.8 cm³/mol. The Kier molecular flexibility index (Phi) is 6.52. The fourth-order valence-corrected chi connectivity index (χ4v) is 1.93. The molecule has 0 aromatic heterocycles. The molecule has 20 heavy (non-hydrogen) atoms.